The number of ether oxygens (including phenoxy) is 1. The Morgan fingerprint density at radius 2 is 1.96 bits per heavy atom. The summed E-state index contributed by atoms with van der Waals surface area (Å²) in [6.07, 6.45) is 0. The molecule has 144 valence electrons. The standard InChI is InChI=1S/C21H18FNO2S3/c1-4-25-12-9-10-16-14(11-12)17-18(27-28-20(17)26)21(2,3)23(16)19(24)13-7-5-6-8-15(13)22/h5-11H,4H2,1-3H3. The van der Waals surface area contributed by atoms with E-state index in [2.05, 4.69) is 0 Å². The van der Waals surface area contributed by atoms with Gasteiger partial charge in [0, 0.05) is 11.1 Å². The first-order valence-corrected chi connectivity index (χ1v) is 11.4. The molecule has 0 saturated heterocycles. The van der Waals surface area contributed by atoms with Crippen molar-refractivity contribution < 1.29 is 13.9 Å². The maximum atomic E-state index is 14.4. The first-order chi connectivity index (χ1) is 13.4. The predicted molar refractivity (Wildman–Crippen MR) is 116 cm³/mol. The van der Waals surface area contributed by atoms with Gasteiger partial charge in [0.2, 0.25) is 0 Å². The summed E-state index contributed by atoms with van der Waals surface area (Å²) in [5, 5.41) is 0. The van der Waals surface area contributed by atoms with Crippen molar-refractivity contribution in [3.8, 4) is 16.9 Å². The monoisotopic (exact) mass is 431 g/mol. The number of amides is 1. The maximum absolute atomic E-state index is 14.4. The van der Waals surface area contributed by atoms with E-state index in [-0.39, 0.29) is 11.5 Å². The van der Waals surface area contributed by atoms with Gasteiger partial charge >= 0.3 is 0 Å². The normalized spacial score (nSPS) is 14.4. The van der Waals surface area contributed by atoms with Crippen LogP contribution in [0.2, 0.25) is 0 Å². The van der Waals surface area contributed by atoms with Gasteiger partial charge in [-0.05, 0) is 51.1 Å². The molecule has 2 aromatic carbocycles. The Morgan fingerprint density at radius 3 is 2.68 bits per heavy atom. The van der Waals surface area contributed by atoms with Crippen LogP contribution in [0.5, 0.6) is 5.75 Å². The molecular weight excluding hydrogens is 413 g/mol. The van der Waals surface area contributed by atoms with Crippen LogP contribution in [-0.4, -0.2) is 12.5 Å². The summed E-state index contributed by atoms with van der Waals surface area (Å²) in [6, 6.07) is 11.7. The minimum Gasteiger partial charge on any atom is -0.494 e. The van der Waals surface area contributed by atoms with Crippen LogP contribution in [0.1, 0.15) is 36.0 Å². The zero-order chi connectivity index (χ0) is 20.1. The van der Waals surface area contributed by atoms with E-state index in [0.29, 0.717) is 12.3 Å². The largest absolute Gasteiger partial charge is 0.494 e. The molecule has 1 amide bonds. The highest BCUT2D eigenvalue weighted by Crippen LogP contribution is 2.53. The van der Waals surface area contributed by atoms with E-state index >= 15 is 0 Å². The van der Waals surface area contributed by atoms with E-state index < -0.39 is 11.4 Å². The minimum atomic E-state index is -0.660. The van der Waals surface area contributed by atoms with Crippen molar-refractivity contribution in [1.82, 2.24) is 0 Å². The fourth-order valence-corrected chi connectivity index (χ4v) is 6.86. The Hall–Kier alpha value is -2.09. The van der Waals surface area contributed by atoms with Crippen LogP contribution < -0.4 is 9.64 Å². The van der Waals surface area contributed by atoms with E-state index in [4.69, 9.17) is 17.0 Å². The lowest BCUT2D eigenvalue weighted by Gasteiger charge is -2.43. The number of hydrogen-bond acceptors (Lipinski definition) is 5. The molecule has 2 heterocycles. The molecule has 0 radical (unpaired) electrons. The summed E-state index contributed by atoms with van der Waals surface area (Å²) in [7, 11) is 3.09. The summed E-state index contributed by atoms with van der Waals surface area (Å²) in [5.74, 6) is -0.182. The number of halogens is 1. The Bertz CT molecular complexity index is 1130. The van der Waals surface area contributed by atoms with Crippen LogP contribution in [0, 0.1) is 9.64 Å². The van der Waals surface area contributed by atoms with E-state index in [1.165, 1.54) is 22.5 Å². The van der Waals surface area contributed by atoms with Gasteiger partial charge < -0.3 is 4.74 Å². The van der Waals surface area contributed by atoms with Crippen molar-refractivity contribution in [2.75, 3.05) is 11.5 Å². The van der Waals surface area contributed by atoms with Crippen LogP contribution in [0.25, 0.3) is 11.1 Å². The van der Waals surface area contributed by atoms with Gasteiger partial charge in [-0.3, -0.25) is 9.69 Å². The maximum Gasteiger partial charge on any atom is 0.262 e. The molecule has 0 atom stereocenters. The molecule has 3 aromatic rings. The molecule has 28 heavy (non-hydrogen) atoms. The minimum absolute atomic E-state index is 0.0534. The number of nitrogens with zero attached hydrogens (tertiary/aromatic N) is 1. The van der Waals surface area contributed by atoms with Gasteiger partial charge in [-0.25, -0.2) is 4.39 Å². The number of anilines is 1. The smallest absolute Gasteiger partial charge is 0.262 e. The molecule has 0 saturated carbocycles. The van der Waals surface area contributed by atoms with Crippen molar-refractivity contribution in [3.63, 3.8) is 0 Å². The lowest BCUT2D eigenvalue weighted by atomic mass is 9.86. The average Bonchev–Trinajstić information content (AvgIpc) is 3.05. The quantitative estimate of drug-likeness (QED) is 0.344. The number of fused-ring (bicyclic) bond motifs is 3. The third-order valence-corrected chi connectivity index (χ3v) is 8.17. The number of rotatable bonds is 3. The Morgan fingerprint density at radius 1 is 1.21 bits per heavy atom. The number of benzene rings is 2. The van der Waals surface area contributed by atoms with Crippen LogP contribution >= 0.6 is 32.9 Å². The summed E-state index contributed by atoms with van der Waals surface area (Å²) in [6.45, 7) is 6.42. The summed E-state index contributed by atoms with van der Waals surface area (Å²) in [4.78, 5) is 16.1. The average molecular weight is 432 g/mol. The summed E-state index contributed by atoms with van der Waals surface area (Å²) in [5.41, 5.74) is 1.94. The molecular formula is C21H18FNO2S3. The first kappa shape index (κ1) is 19.2. The highest BCUT2D eigenvalue weighted by Gasteiger charge is 2.43. The lowest BCUT2D eigenvalue weighted by molar-refractivity contribution is 0.0957. The first-order valence-electron chi connectivity index (χ1n) is 8.86. The zero-order valence-electron chi connectivity index (χ0n) is 15.6. The molecule has 3 nitrogen and oxygen atoms in total. The SMILES string of the molecule is CCOc1ccc2c(c1)-c1c(ssc1=S)C(C)(C)N2C(=O)c1ccccc1F. The molecule has 0 N–H and O–H groups in total. The second kappa shape index (κ2) is 7.06. The molecule has 1 aliphatic heterocycles. The fraction of sp³-hybridized carbons (Fsp3) is 0.238. The third-order valence-electron chi connectivity index (χ3n) is 4.84. The van der Waals surface area contributed by atoms with E-state index in [1.54, 1.807) is 27.4 Å². The van der Waals surface area contributed by atoms with Gasteiger partial charge in [0.25, 0.3) is 5.91 Å². The summed E-state index contributed by atoms with van der Waals surface area (Å²) >= 11 is 5.60. The van der Waals surface area contributed by atoms with E-state index in [1.807, 2.05) is 39.0 Å². The molecule has 0 bridgehead atoms. The van der Waals surface area contributed by atoms with Crippen LogP contribution in [0.4, 0.5) is 10.1 Å². The van der Waals surface area contributed by atoms with Gasteiger partial charge in [-0.1, -0.05) is 45.0 Å². The highest BCUT2D eigenvalue weighted by molar-refractivity contribution is 7.80. The molecule has 7 heteroatoms. The Balaban J connectivity index is 1.97. The van der Waals surface area contributed by atoms with Crippen LogP contribution in [0.15, 0.2) is 42.5 Å². The molecule has 0 fully saturated rings. The Labute approximate surface area is 175 Å². The molecule has 0 unspecified atom stereocenters. The molecule has 4 rings (SSSR count). The van der Waals surface area contributed by atoms with Gasteiger partial charge in [0.15, 0.2) is 0 Å². The zero-order valence-corrected chi connectivity index (χ0v) is 18.1. The van der Waals surface area contributed by atoms with Crippen molar-refractivity contribution in [2.24, 2.45) is 0 Å². The summed E-state index contributed by atoms with van der Waals surface area (Å²) < 4.78 is 20.9. The molecule has 1 aliphatic rings. The van der Waals surface area contributed by atoms with Crippen LogP contribution in [0.3, 0.4) is 0 Å². The second-order valence-electron chi connectivity index (χ2n) is 6.95. The van der Waals surface area contributed by atoms with Gasteiger partial charge in [0.05, 0.1) is 28.3 Å². The lowest BCUT2D eigenvalue weighted by Crippen LogP contribution is -2.48. The van der Waals surface area contributed by atoms with Crippen molar-refractivity contribution >= 4 is 44.5 Å². The van der Waals surface area contributed by atoms with Crippen LogP contribution in [-0.2, 0) is 5.54 Å². The molecule has 0 aliphatic carbocycles. The number of carbonyl (C=O) groups is 1. The molecule has 1 aromatic heterocycles. The number of hydrogen-bond donors (Lipinski definition) is 0. The Kier molecular flexibility index (Phi) is 4.85. The van der Waals surface area contributed by atoms with E-state index in [0.717, 1.165) is 25.6 Å². The molecule has 0 spiro atoms. The van der Waals surface area contributed by atoms with Gasteiger partial charge in [0.1, 0.15) is 15.4 Å². The topological polar surface area (TPSA) is 29.5 Å². The van der Waals surface area contributed by atoms with E-state index in [9.17, 15) is 9.18 Å². The highest BCUT2D eigenvalue weighted by atomic mass is 32.9. The van der Waals surface area contributed by atoms with Crippen molar-refractivity contribution in [2.45, 2.75) is 26.3 Å². The van der Waals surface area contributed by atoms with Gasteiger partial charge in [-0.2, -0.15) is 0 Å². The third kappa shape index (κ3) is 2.89. The predicted octanol–water partition coefficient (Wildman–Crippen LogP) is 6.64. The van der Waals surface area contributed by atoms with Crippen molar-refractivity contribution in [1.29, 1.82) is 0 Å². The van der Waals surface area contributed by atoms with Crippen molar-refractivity contribution in [3.05, 3.63) is 62.5 Å². The van der Waals surface area contributed by atoms with Gasteiger partial charge in [-0.15, -0.1) is 0 Å². The second-order valence-corrected chi connectivity index (χ2v) is 9.77. The fourth-order valence-electron chi connectivity index (χ4n) is 3.58. The number of carbonyl (C=O) groups excluding carboxylic acids is 1.